The monoisotopic (exact) mass is 196 g/mol. The van der Waals surface area contributed by atoms with Gasteiger partial charge in [-0.2, -0.15) is 0 Å². The minimum atomic E-state index is 0.398. The van der Waals surface area contributed by atoms with E-state index in [1.165, 1.54) is 0 Å². The minimum absolute atomic E-state index is 0.398. The third kappa shape index (κ3) is 17.3. The molecule has 0 saturated heterocycles. The average molecular weight is 196 g/mol. The Kier molecular flexibility index (Phi) is 16.4. The number of benzene rings is 1. The Morgan fingerprint density at radius 2 is 1.14 bits per heavy atom. The summed E-state index contributed by atoms with van der Waals surface area (Å²) in [5.74, 6) is 0. The van der Waals surface area contributed by atoms with E-state index in [0.29, 0.717) is 6.10 Å². The van der Waals surface area contributed by atoms with Crippen molar-refractivity contribution in [1.82, 2.24) is 0 Å². The zero-order valence-corrected chi connectivity index (χ0v) is 10.2. The van der Waals surface area contributed by atoms with Crippen molar-refractivity contribution in [3.05, 3.63) is 36.4 Å². The molecule has 1 heteroatoms. The number of hydrogen-bond donors (Lipinski definition) is 0. The van der Waals surface area contributed by atoms with Crippen molar-refractivity contribution in [3.8, 4) is 0 Å². The molecule has 0 fully saturated rings. The smallest absolute Gasteiger partial charge is 0.0518 e. The van der Waals surface area contributed by atoms with Gasteiger partial charge in [-0.3, -0.25) is 0 Å². The first-order chi connectivity index (χ1) is 6.77. The summed E-state index contributed by atoms with van der Waals surface area (Å²) in [6, 6.07) is 12.0. The molecule has 0 spiro atoms. The van der Waals surface area contributed by atoms with Crippen LogP contribution in [0, 0.1) is 0 Å². The van der Waals surface area contributed by atoms with Crippen LogP contribution in [0.5, 0.6) is 0 Å². The quantitative estimate of drug-likeness (QED) is 0.690. The number of hydrogen-bond acceptors (Lipinski definition) is 1. The Bertz CT molecular complexity index is 131. The molecule has 0 radical (unpaired) electrons. The second-order valence-corrected chi connectivity index (χ2v) is 2.66. The fraction of sp³-hybridized carbons (Fsp3) is 0.538. The third-order valence-corrected chi connectivity index (χ3v) is 1.17. The van der Waals surface area contributed by atoms with Gasteiger partial charge in [0.05, 0.1) is 6.10 Å². The summed E-state index contributed by atoms with van der Waals surface area (Å²) in [6.07, 6.45) is 0.398. The molecule has 82 valence electrons. The predicted molar refractivity (Wildman–Crippen MR) is 64.6 cm³/mol. The maximum Gasteiger partial charge on any atom is 0.0518 e. The van der Waals surface area contributed by atoms with E-state index in [0.717, 1.165) is 6.61 Å². The van der Waals surface area contributed by atoms with Crippen LogP contribution in [0.4, 0.5) is 0 Å². The first kappa shape index (κ1) is 15.6. The Morgan fingerprint density at radius 3 is 1.21 bits per heavy atom. The van der Waals surface area contributed by atoms with Crippen LogP contribution in [0.3, 0.4) is 0 Å². The van der Waals surface area contributed by atoms with Gasteiger partial charge in [0.1, 0.15) is 0 Å². The molecular weight excluding hydrogens is 172 g/mol. The predicted octanol–water partition coefficient (Wildman–Crippen LogP) is 4.14. The molecule has 0 aliphatic carbocycles. The molecule has 0 heterocycles. The molecule has 14 heavy (non-hydrogen) atoms. The Hall–Kier alpha value is -0.820. The highest BCUT2D eigenvalue weighted by Gasteiger charge is 1.83. The number of ether oxygens (including phenoxy) is 1. The van der Waals surface area contributed by atoms with Gasteiger partial charge in [0.25, 0.3) is 0 Å². The van der Waals surface area contributed by atoms with Crippen molar-refractivity contribution in [1.29, 1.82) is 0 Å². The van der Waals surface area contributed by atoms with Gasteiger partial charge in [-0.05, 0) is 20.8 Å². The van der Waals surface area contributed by atoms with Crippen LogP contribution in [-0.2, 0) is 4.74 Å². The summed E-state index contributed by atoms with van der Waals surface area (Å²) >= 11 is 0. The van der Waals surface area contributed by atoms with Gasteiger partial charge in [0, 0.05) is 6.61 Å². The molecule has 0 bridgehead atoms. The zero-order valence-electron chi connectivity index (χ0n) is 10.2. The summed E-state index contributed by atoms with van der Waals surface area (Å²) in [6.45, 7) is 10.9. The van der Waals surface area contributed by atoms with Gasteiger partial charge >= 0.3 is 0 Å². The zero-order chi connectivity index (χ0) is 11.2. The maximum atomic E-state index is 5.04. The molecule has 0 atom stereocenters. The normalized spacial score (nSPS) is 8.14. The van der Waals surface area contributed by atoms with Crippen LogP contribution in [-0.4, -0.2) is 12.7 Å². The molecule has 0 aliphatic rings. The average Bonchev–Trinajstić information content (AvgIpc) is 2.24. The summed E-state index contributed by atoms with van der Waals surface area (Å²) in [4.78, 5) is 0. The highest BCUT2D eigenvalue weighted by molar-refractivity contribution is 4.99. The molecule has 0 amide bonds. The van der Waals surface area contributed by atoms with Gasteiger partial charge in [-0.25, -0.2) is 0 Å². The van der Waals surface area contributed by atoms with Gasteiger partial charge in [-0.15, -0.1) is 0 Å². The van der Waals surface area contributed by atoms with Crippen molar-refractivity contribution in [2.45, 2.75) is 40.7 Å². The molecule has 1 rings (SSSR count). The molecule has 0 saturated carbocycles. The second kappa shape index (κ2) is 14.7. The molecule has 1 aromatic carbocycles. The Balaban J connectivity index is 0. The van der Waals surface area contributed by atoms with Crippen molar-refractivity contribution in [2.24, 2.45) is 0 Å². The van der Waals surface area contributed by atoms with E-state index in [2.05, 4.69) is 0 Å². The fourth-order valence-corrected chi connectivity index (χ4v) is 0.718. The fourth-order valence-electron chi connectivity index (χ4n) is 0.718. The van der Waals surface area contributed by atoms with Crippen molar-refractivity contribution in [3.63, 3.8) is 0 Å². The van der Waals surface area contributed by atoms with Crippen LogP contribution in [0.15, 0.2) is 36.4 Å². The molecular formula is C13H24O. The van der Waals surface area contributed by atoms with Crippen LogP contribution in [0.25, 0.3) is 0 Å². The van der Waals surface area contributed by atoms with Crippen molar-refractivity contribution < 1.29 is 4.74 Å². The Labute approximate surface area is 89.1 Å². The van der Waals surface area contributed by atoms with Gasteiger partial charge in [0.15, 0.2) is 0 Å². The summed E-state index contributed by atoms with van der Waals surface area (Å²) in [7, 11) is 0. The van der Waals surface area contributed by atoms with E-state index in [4.69, 9.17) is 4.74 Å². The maximum absolute atomic E-state index is 5.04. The second-order valence-electron chi connectivity index (χ2n) is 2.66. The van der Waals surface area contributed by atoms with Crippen molar-refractivity contribution in [2.75, 3.05) is 6.61 Å². The minimum Gasteiger partial charge on any atom is -0.379 e. The van der Waals surface area contributed by atoms with Crippen molar-refractivity contribution >= 4 is 0 Å². The lowest BCUT2D eigenvalue weighted by atomic mass is 10.4. The molecule has 0 aliphatic heterocycles. The van der Waals surface area contributed by atoms with Crippen LogP contribution in [0.2, 0.25) is 0 Å². The Morgan fingerprint density at radius 1 is 0.857 bits per heavy atom. The standard InChI is InChI=1S/C6H6.C5H12O.C2H6/c1-2-4-6-5-3-1;1-4-6-5(2)3;1-2/h1-6H;5H,4H2,1-3H3;1-2H3. The van der Waals surface area contributed by atoms with Crippen LogP contribution >= 0.6 is 0 Å². The van der Waals surface area contributed by atoms with Gasteiger partial charge in [-0.1, -0.05) is 50.2 Å². The SMILES string of the molecule is CC.CCOC(C)C.c1ccccc1. The lowest BCUT2D eigenvalue weighted by Gasteiger charge is -2.00. The topological polar surface area (TPSA) is 9.23 Å². The first-order valence-electron chi connectivity index (χ1n) is 5.39. The van der Waals surface area contributed by atoms with E-state index in [9.17, 15) is 0 Å². The van der Waals surface area contributed by atoms with E-state index >= 15 is 0 Å². The first-order valence-corrected chi connectivity index (χ1v) is 5.39. The third-order valence-electron chi connectivity index (χ3n) is 1.17. The van der Waals surface area contributed by atoms with Crippen LogP contribution < -0.4 is 0 Å². The van der Waals surface area contributed by atoms with E-state index in [-0.39, 0.29) is 0 Å². The molecule has 1 aromatic rings. The highest BCUT2D eigenvalue weighted by atomic mass is 16.5. The molecule has 0 aromatic heterocycles. The number of rotatable bonds is 2. The lowest BCUT2D eigenvalue weighted by Crippen LogP contribution is -1.99. The van der Waals surface area contributed by atoms with Gasteiger partial charge < -0.3 is 4.74 Å². The van der Waals surface area contributed by atoms with E-state index in [1.807, 2.05) is 71.0 Å². The van der Waals surface area contributed by atoms with E-state index < -0.39 is 0 Å². The molecule has 0 N–H and O–H groups in total. The highest BCUT2D eigenvalue weighted by Crippen LogP contribution is 1.83. The summed E-state index contributed by atoms with van der Waals surface area (Å²) in [5.41, 5.74) is 0. The van der Waals surface area contributed by atoms with Gasteiger partial charge in [0.2, 0.25) is 0 Å². The summed E-state index contributed by atoms with van der Waals surface area (Å²) in [5, 5.41) is 0. The molecule has 0 unspecified atom stereocenters. The van der Waals surface area contributed by atoms with Crippen LogP contribution in [0.1, 0.15) is 34.6 Å². The largest absolute Gasteiger partial charge is 0.379 e. The summed E-state index contributed by atoms with van der Waals surface area (Å²) < 4.78 is 5.04. The lowest BCUT2D eigenvalue weighted by molar-refractivity contribution is 0.0899. The van der Waals surface area contributed by atoms with E-state index in [1.54, 1.807) is 0 Å². The molecule has 1 nitrogen and oxygen atoms in total.